The van der Waals surface area contributed by atoms with Crippen molar-refractivity contribution >= 4 is 21.9 Å². The van der Waals surface area contributed by atoms with E-state index in [-0.39, 0.29) is 6.10 Å². The van der Waals surface area contributed by atoms with Gasteiger partial charge in [0.05, 0.1) is 16.0 Å². The first-order valence-electron chi connectivity index (χ1n) is 7.23. The summed E-state index contributed by atoms with van der Waals surface area (Å²) in [5, 5.41) is 9.80. The van der Waals surface area contributed by atoms with Gasteiger partial charge >= 0.3 is 5.97 Å². The lowest BCUT2D eigenvalue weighted by molar-refractivity contribution is -0.143. The quantitative estimate of drug-likeness (QED) is 0.894. The predicted octanol–water partition coefficient (Wildman–Crippen LogP) is 4.20. The second kappa shape index (κ2) is 5.06. The molecule has 0 spiro atoms. The fraction of sp³-hybridized carbons (Fsp3) is 0.562. The van der Waals surface area contributed by atoms with Gasteiger partial charge in [-0.25, -0.2) is 0 Å². The van der Waals surface area contributed by atoms with E-state index in [9.17, 15) is 9.90 Å². The van der Waals surface area contributed by atoms with Crippen LogP contribution in [0.15, 0.2) is 16.6 Å². The molecule has 0 atom stereocenters. The van der Waals surface area contributed by atoms with E-state index in [0.29, 0.717) is 12.8 Å². The molecule has 0 heterocycles. The van der Waals surface area contributed by atoms with Crippen molar-refractivity contribution in [3.8, 4) is 5.75 Å². The molecule has 0 bridgehead atoms. The Morgan fingerprint density at radius 1 is 1.35 bits per heavy atom. The largest absolute Gasteiger partial charge is 0.489 e. The smallest absolute Gasteiger partial charge is 0.314 e. The van der Waals surface area contributed by atoms with Gasteiger partial charge in [0.1, 0.15) is 5.75 Å². The van der Waals surface area contributed by atoms with Crippen molar-refractivity contribution in [2.24, 2.45) is 0 Å². The lowest BCUT2D eigenvalue weighted by atomic mass is 9.78. The van der Waals surface area contributed by atoms with Gasteiger partial charge in [0.2, 0.25) is 0 Å². The summed E-state index contributed by atoms with van der Waals surface area (Å²) in [4.78, 5) is 11.9. The summed E-state index contributed by atoms with van der Waals surface area (Å²) < 4.78 is 6.90. The Kier molecular flexibility index (Phi) is 3.53. The number of aryl methyl sites for hydroxylation is 1. The Morgan fingerprint density at radius 3 is 2.55 bits per heavy atom. The molecule has 1 N–H and O–H groups in total. The summed E-state index contributed by atoms with van der Waals surface area (Å²) in [6, 6.07) is 4.01. The van der Waals surface area contributed by atoms with Gasteiger partial charge in [0.15, 0.2) is 0 Å². The summed E-state index contributed by atoms with van der Waals surface area (Å²) in [6.07, 6.45) is 5.76. The number of hydrogen-bond acceptors (Lipinski definition) is 2. The fourth-order valence-electron chi connectivity index (χ4n) is 3.13. The van der Waals surface area contributed by atoms with Crippen LogP contribution >= 0.6 is 15.9 Å². The number of rotatable bonds is 4. The second-order valence-corrected chi connectivity index (χ2v) is 6.89. The van der Waals surface area contributed by atoms with Crippen molar-refractivity contribution in [1.82, 2.24) is 0 Å². The van der Waals surface area contributed by atoms with Crippen LogP contribution in [0.2, 0.25) is 0 Å². The van der Waals surface area contributed by atoms with Crippen molar-refractivity contribution in [1.29, 1.82) is 0 Å². The Labute approximate surface area is 127 Å². The van der Waals surface area contributed by atoms with Crippen LogP contribution in [-0.2, 0) is 10.2 Å². The Morgan fingerprint density at radius 2 is 2.00 bits per heavy atom. The van der Waals surface area contributed by atoms with Crippen LogP contribution in [0, 0.1) is 6.92 Å². The fourth-order valence-corrected chi connectivity index (χ4v) is 3.80. The number of halogens is 1. The molecule has 4 heteroatoms. The molecule has 0 amide bonds. The van der Waals surface area contributed by atoms with Crippen LogP contribution in [-0.4, -0.2) is 17.2 Å². The minimum Gasteiger partial charge on any atom is -0.489 e. The van der Waals surface area contributed by atoms with E-state index in [0.717, 1.165) is 47.0 Å². The van der Waals surface area contributed by atoms with Crippen LogP contribution in [0.5, 0.6) is 5.75 Å². The molecular formula is C16H19BrO3. The number of benzene rings is 1. The maximum absolute atomic E-state index is 11.9. The third-order valence-electron chi connectivity index (χ3n) is 4.38. The van der Waals surface area contributed by atoms with E-state index in [1.54, 1.807) is 0 Å². The molecule has 0 saturated heterocycles. The molecule has 2 aliphatic carbocycles. The highest BCUT2D eigenvalue weighted by molar-refractivity contribution is 9.10. The maximum Gasteiger partial charge on any atom is 0.314 e. The van der Waals surface area contributed by atoms with Gasteiger partial charge in [-0.05, 0) is 60.2 Å². The van der Waals surface area contributed by atoms with E-state index < -0.39 is 11.4 Å². The highest BCUT2D eigenvalue weighted by Crippen LogP contribution is 2.48. The number of carbonyl (C=O) groups is 1. The molecule has 0 aromatic heterocycles. The van der Waals surface area contributed by atoms with Gasteiger partial charge in [0.25, 0.3) is 0 Å². The van der Waals surface area contributed by atoms with Gasteiger partial charge in [-0.1, -0.05) is 18.9 Å². The zero-order valence-corrected chi connectivity index (χ0v) is 13.2. The Hall–Kier alpha value is -1.03. The van der Waals surface area contributed by atoms with E-state index in [1.807, 2.05) is 19.1 Å². The molecule has 2 aliphatic rings. The molecule has 2 saturated carbocycles. The monoisotopic (exact) mass is 338 g/mol. The van der Waals surface area contributed by atoms with Gasteiger partial charge < -0.3 is 9.84 Å². The third-order valence-corrected chi connectivity index (χ3v) is 4.97. The molecular weight excluding hydrogens is 320 g/mol. The standard InChI is InChI=1S/C16H19BrO3/c1-10-8-12(16(15(18)19)6-2-3-7-16)14(13(17)9-10)20-11-4-5-11/h8-9,11H,2-7H2,1H3,(H,18,19). The molecule has 0 radical (unpaired) electrons. The average Bonchev–Trinajstić information content (AvgIpc) is 3.05. The molecule has 1 aromatic rings. The summed E-state index contributed by atoms with van der Waals surface area (Å²) in [5.41, 5.74) is 1.17. The van der Waals surface area contributed by atoms with E-state index in [4.69, 9.17) is 4.74 Å². The molecule has 3 nitrogen and oxygen atoms in total. The van der Waals surface area contributed by atoms with Gasteiger partial charge in [-0.3, -0.25) is 4.79 Å². The molecule has 108 valence electrons. The normalized spacial score (nSPS) is 20.9. The number of carboxylic acids is 1. The van der Waals surface area contributed by atoms with Crippen molar-refractivity contribution in [3.05, 3.63) is 27.7 Å². The van der Waals surface area contributed by atoms with Gasteiger partial charge in [0, 0.05) is 5.56 Å². The predicted molar refractivity (Wildman–Crippen MR) is 80.3 cm³/mol. The first kappa shape index (κ1) is 13.9. The Balaban J connectivity index is 2.12. The number of aliphatic carboxylic acids is 1. The summed E-state index contributed by atoms with van der Waals surface area (Å²) in [6.45, 7) is 2.00. The van der Waals surface area contributed by atoms with Crippen molar-refractivity contribution in [3.63, 3.8) is 0 Å². The zero-order chi connectivity index (χ0) is 14.3. The molecule has 20 heavy (non-hydrogen) atoms. The average molecular weight is 339 g/mol. The van der Waals surface area contributed by atoms with E-state index in [2.05, 4.69) is 15.9 Å². The number of hydrogen-bond donors (Lipinski definition) is 1. The molecule has 3 rings (SSSR count). The third kappa shape index (κ3) is 2.34. The highest BCUT2D eigenvalue weighted by Gasteiger charge is 2.46. The van der Waals surface area contributed by atoms with Crippen LogP contribution < -0.4 is 4.74 Å². The van der Waals surface area contributed by atoms with Crippen LogP contribution in [0.4, 0.5) is 0 Å². The molecule has 0 aliphatic heterocycles. The Bertz CT molecular complexity index is 543. The number of carboxylic acid groups (broad SMARTS) is 1. The zero-order valence-electron chi connectivity index (χ0n) is 11.6. The minimum atomic E-state index is -0.765. The lowest BCUT2D eigenvalue weighted by Gasteiger charge is -2.28. The van der Waals surface area contributed by atoms with E-state index >= 15 is 0 Å². The summed E-state index contributed by atoms with van der Waals surface area (Å²) >= 11 is 3.56. The SMILES string of the molecule is Cc1cc(Br)c(OC2CC2)c(C2(C(=O)O)CCCC2)c1. The highest BCUT2D eigenvalue weighted by atomic mass is 79.9. The minimum absolute atomic E-state index is 0.264. The van der Waals surface area contributed by atoms with Gasteiger partial charge in [-0.2, -0.15) is 0 Å². The van der Waals surface area contributed by atoms with Crippen molar-refractivity contribution in [2.75, 3.05) is 0 Å². The van der Waals surface area contributed by atoms with Crippen molar-refractivity contribution in [2.45, 2.75) is 57.0 Å². The van der Waals surface area contributed by atoms with Gasteiger partial charge in [-0.15, -0.1) is 0 Å². The van der Waals surface area contributed by atoms with Crippen LogP contribution in [0.25, 0.3) is 0 Å². The second-order valence-electron chi connectivity index (χ2n) is 6.04. The van der Waals surface area contributed by atoms with Crippen LogP contribution in [0.3, 0.4) is 0 Å². The molecule has 0 unspecified atom stereocenters. The molecule has 1 aromatic carbocycles. The summed E-state index contributed by atoms with van der Waals surface area (Å²) in [7, 11) is 0. The summed E-state index contributed by atoms with van der Waals surface area (Å²) in [5.74, 6) is 0.0375. The first-order chi connectivity index (χ1) is 9.53. The number of ether oxygens (including phenoxy) is 1. The van der Waals surface area contributed by atoms with E-state index in [1.165, 1.54) is 0 Å². The topological polar surface area (TPSA) is 46.5 Å². The van der Waals surface area contributed by atoms with Crippen LogP contribution in [0.1, 0.15) is 49.7 Å². The maximum atomic E-state index is 11.9. The lowest BCUT2D eigenvalue weighted by Crippen LogP contribution is -2.33. The molecule has 2 fully saturated rings. The van der Waals surface area contributed by atoms with Crippen molar-refractivity contribution < 1.29 is 14.6 Å². The first-order valence-corrected chi connectivity index (χ1v) is 8.03.